The van der Waals surface area contributed by atoms with Gasteiger partial charge in [0.2, 0.25) is 5.91 Å². The highest BCUT2D eigenvalue weighted by molar-refractivity contribution is 7.17. The number of fused-ring (bicyclic) bond motifs is 1. The fourth-order valence-electron chi connectivity index (χ4n) is 2.11. The van der Waals surface area contributed by atoms with Crippen LogP contribution >= 0.6 is 11.3 Å². The predicted molar refractivity (Wildman–Crippen MR) is 84.0 cm³/mol. The van der Waals surface area contributed by atoms with E-state index >= 15 is 0 Å². The third-order valence-electron chi connectivity index (χ3n) is 3.37. The normalized spacial score (nSPS) is 12.5. The van der Waals surface area contributed by atoms with Crippen molar-refractivity contribution in [3.63, 3.8) is 0 Å². The van der Waals surface area contributed by atoms with Crippen molar-refractivity contribution in [1.82, 2.24) is 5.32 Å². The van der Waals surface area contributed by atoms with Crippen LogP contribution in [0.1, 0.15) is 25.3 Å². The van der Waals surface area contributed by atoms with Crippen molar-refractivity contribution in [3.05, 3.63) is 35.2 Å². The lowest BCUT2D eigenvalue weighted by molar-refractivity contribution is -0.121. The first-order chi connectivity index (χ1) is 9.70. The number of hydrogen-bond donors (Lipinski definition) is 2. The molecule has 2 rings (SSSR count). The molecule has 3 nitrogen and oxygen atoms in total. The molecule has 0 saturated heterocycles. The number of nitrogens with one attached hydrogen (secondary N) is 1. The van der Waals surface area contributed by atoms with Gasteiger partial charge in [0.25, 0.3) is 0 Å². The van der Waals surface area contributed by atoms with Crippen LogP contribution in [0.4, 0.5) is 0 Å². The Morgan fingerprint density at radius 2 is 2.20 bits per heavy atom. The quantitative estimate of drug-likeness (QED) is 0.824. The average Bonchev–Trinajstić information content (AvgIpc) is 2.88. The molecule has 4 heteroatoms. The molecule has 0 radical (unpaired) electrons. The minimum atomic E-state index is 0.0739. The molecule has 1 atom stereocenters. The van der Waals surface area contributed by atoms with Gasteiger partial charge in [0.05, 0.1) is 0 Å². The molecule has 0 bridgehead atoms. The summed E-state index contributed by atoms with van der Waals surface area (Å²) in [5, 5.41) is 15.3. The Kier molecular flexibility index (Phi) is 5.56. The fourth-order valence-corrected chi connectivity index (χ4v) is 3.10. The van der Waals surface area contributed by atoms with Crippen LogP contribution in [0.25, 0.3) is 10.1 Å². The minimum absolute atomic E-state index is 0.0739. The number of aliphatic hydroxyl groups is 1. The summed E-state index contributed by atoms with van der Waals surface area (Å²) in [5.41, 5.74) is 1.34. The summed E-state index contributed by atoms with van der Waals surface area (Å²) >= 11 is 1.76. The summed E-state index contributed by atoms with van der Waals surface area (Å²) in [6.45, 7) is 2.58. The number of aryl methyl sites for hydroxylation is 1. The first-order valence-corrected chi connectivity index (χ1v) is 7.91. The Morgan fingerprint density at radius 3 is 3.00 bits per heavy atom. The van der Waals surface area contributed by atoms with Crippen LogP contribution in [0.3, 0.4) is 0 Å². The van der Waals surface area contributed by atoms with Crippen LogP contribution in [0, 0.1) is 5.92 Å². The van der Waals surface area contributed by atoms with E-state index in [1.165, 1.54) is 15.6 Å². The number of thiophene rings is 1. The van der Waals surface area contributed by atoms with E-state index in [0.29, 0.717) is 13.0 Å². The molecular formula is C16H21NO2S. The number of amides is 1. The molecule has 2 aromatic rings. The van der Waals surface area contributed by atoms with E-state index < -0.39 is 0 Å². The fraction of sp³-hybridized carbons (Fsp3) is 0.438. The predicted octanol–water partition coefficient (Wildman–Crippen LogP) is 2.97. The van der Waals surface area contributed by atoms with E-state index in [-0.39, 0.29) is 18.4 Å². The van der Waals surface area contributed by atoms with Gasteiger partial charge in [0, 0.05) is 24.3 Å². The second-order valence-corrected chi connectivity index (χ2v) is 6.11. The molecule has 1 aromatic carbocycles. The Morgan fingerprint density at radius 1 is 1.40 bits per heavy atom. The summed E-state index contributed by atoms with van der Waals surface area (Å²) < 4.78 is 1.31. The van der Waals surface area contributed by atoms with Crippen molar-refractivity contribution >= 4 is 27.3 Å². The molecule has 20 heavy (non-hydrogen) atoms. The Balaban J connectivity index is 1.77. The van der Waals surface area contributed by atoms with Crippen molar-refractivity contribution in [3.8, 4) is 0 Å². The molecule has 0 aliphatic heterocycles. The van der Waals surface area contributed by atoms with E-state index in [0.717, 1.165) is 12.8 Å². The molecule has 0 fully saturated rings. The van der Waals surface area contributed by atoms with Crippen LogP contribution in [0.5, 0.6) is 0 Å². The molecule has 0 spiro atoms. The van der Waals surface area contributed by atoms with Gasteiger partial charge in [-0.3, -0.25) is 4.79 Å². The van der Waals surface area contributed by atoms with Gasteiger partial charge in [0.1, 0.15) is 0 Å². The number of carbonyl (C=O) groups is 1. The summed E-state index contributed by atoms with van der Waals surface area (Å²) in [6.07, 6.45) is 2.34. The number of hydrogen-bond acceptors (Lipinski definition) is 3. The molecule has 2 N–H and O–H groups in total. The van der Waals surface area contributed by atoms with Gasteiger partial charge in [-0.1, -0.05) is 25.1 Å². The lowest BCUT2D eigenvalue weighted by Gasteiger charge is -2.09. The number of carbonyl (C=O) groups excluding carboxylic acids is 1. The zero-order chi connectivity index (χ0) is 14.4. The third-order valence-corrected chi connectivity index (χ3v) is 4.38. The monoisotopic (exact) mass is 291 g/mol. The number of benzene rings is 1. The number of aliphatic hydroxyl groups excluding tert-OH is 1. The minimum Gasteiger partial charge on any atom is -0.396 e. The van der Waals surface area contributed by atoms with Gasteiger partial charge in [0.15, 0.2) is 0 Å². The van der Waals surface area contributed by atoms with Crippen molar-refractivity contribution in [2.75, 3.05) is 13.2 Å². The third kappa shape index (κ3) is 4.05. The maximum Gasteiger partial charge on any atom is 0.220 e. The van der Waals surface area contributed by atoms with E-state index in [2.05, 4.69) is 35.0 Å². The Labute approximate surface area is 123 Å². The van der Waals surface area contributed by atoms with Crippen LogP contribution < -0.4 is 5.32 Å². The lowest BCUT2D eigenvalue weighted by Crippen LogP contribution is -2.29. The van der Waals surface area contributed by atoms with Gasteiger partial charge in [-0.15, -0.1) is 11.3 Å². The van der Waals surface area contributed by atoms with E-state index in [1.54, 1.807) is 11.3 Å². The van der Waals surface area contributed by atoms with Gasteiger partial charge in [-0.25, -0.2) is 0 Å². The van der Waals surface area contributed by atoms with Gasteiger partial charge < -0.3 is 10.4 Å². The van der Waals surface area contributed by atoms with E-state index in [4.69, 9.17) is 5.11 Å². The Bertz CT molecular complexity index is 564. The molecular weight excluding hydrogens is 270 g/mol. The Hall–Kier alpha value is -1.39. The molecule has 1 aromatic heterocycles. The van der Waals surface area contributed by atoms with Crippen molar-refractivity contribution in [1.29, 1.82) is 0 Å². The molecule has 1 heterocycles. The molecule has 0 aliphatic carbocycles. The average molecular weight is 291 g/mol. The smallest absolute Gasteiger partial charge is 0.220 e. The first-order valence-electron chi connectivity index (χ1n) is 7.03. The topological polar surface area (TPSA) is 49.3 Å². The van der Waals surface area contributed by atoms with Gasteiger partial charge >= 0.3 is 0 Å². The number of rotatable bonds is 7. The van der Waals surface area contributed by atoms with E-state index in [9.17, 15) is 4.79 Å². The summed E-state index contributed by atoms with van der Waals surface area (Å²) in [7, 11) is 0. The highest BCUT2D eigenvalue weighted by atomic mass is 32.1. The zero-order valence-electron chi connectivity index (χ0n) is 11.8. The summed E-state index contributed by atoms with van der Waals surface area (Å²) in [5.74, 6) is 0.199. The van der Waals surface area contributed by atoms with Gasteiger partial charge in [-0.2, -0.15) is 0 Å². The maximum absolute atomic E-state index is 11.7. The second kappa shape index (κ2) is 7.41. The highest BCUT2D eigenvalue weighted by Crippen LogP contribution is 2.26. The zero-order valence-corrected chi connectivity index (χ0v) is 12.6. The first kappa shape index (κ1) is 15.0. The standard InChI is InChI=1S/C16H21NO2S/c1-12(10-18)9-17-16(19)8-4-5-13-11-20-15-7-3-2-6-14(13)15/h2-3,6-7,11-12,18H,4-5,8-10H2,1H3,(H,17,19). The lowest BCUT2D eigenvalue weighted by atomic mass is 10.1. The van der Waals surface area contributed by atoms with Crippen molar-refractivity contribution in [2.24, 2.45) is 5.92 Å². The molecule has 108 valence electrons. The second-order valence-electron chi connectivity index (χ2n) is 5.20. The summed E-state index contributed by atoms with van der Waals surface area (Å²) in [4.78, 5) is 11.7. The van der Waals surface area contributed by atoms with Crippen LogP contribution in [-0.2, 0) is 11.2 Å². The SMILES string of the molecule is CC(CO)CNC(=O)CCCc1csc2ccccc12. The molecule has 1 unspecified atom stereocenters. The van der Waals surface area contributed by atoms with Crippen LogP contribution in [0.2, 0.25) is 0 Å². The van der Waals surface area contributed by atoms with Gasteiger partial charge in [-0.05, 0) is 41.2 Å². The van der Waals surface area contributed by atoms with Crippen molar-refractivity contribution < 1.29 is 9.90 Å². The van der Waals surface area contributed by atoms with Crippen LogP contribution in [0.15, 0.2) is 29.6 Å². The summed E-state index contributed by atoms with van der Waals surface area (Å²) in [6, 6.07) is 8.39. The molecule has 0 aliphatic rings. The maximum atomic E-state index is 11.7. The van der Waals surface area contributed by atoms with Crippen LogP contribution in [-0.4, -0.2) is 24.2 Å². The largest absolute Gasteiger partial charge is 0.396 e. The molecule has 0 saturated carbocycles. The highest BCUT2D eigenvalue weighted by Gasteiger charge is 2.07. The van der Waals surface area contributed by atoms with Crippen molar-refractivity contribution in [2.45, 2.75) is 26.2 Å². The van der Waals surface area contributed by atoms with E-state index in [1.807, 2.05) is 6.92 Å². The molecule has 1 amide bonds.